The van der Waals surface area contributed by atoms with Gasteiger partial charge in [-0.3, -0.25) is 0 Å². The predicted octanol–water partition coefficient (Wildman–Crippen LogP) is 3.73. The summed E-state index contributed by atoms with van der Waals surface area (Å²) in [6, 6.07) is 10.3. The molecule has 0 atom stereocenters. The second-order valence-electron chi connectivity index (χ2n) is 4.82. The zero-order valence-electron chi connectivity index (χ0n) is 12.7. The van der Waals surface area contributed by atoms with Gasteiger partial charge in [0.1, 0.15) is 0 Å². The second kappa shape index (κ2) is 6.53. The number of hydrogen-bond acceptors (Lipinski definition) is 2. The minimum atomic E-state index is 0.595. The SMILES string of the molecule is CCOC/C=C(\c1ccccc1)n1nc(C)c(C)c1C. The topological polar surface area (TPSA) is 27.1 Å². The zero-order valence-corrected chi connectivity index (χ0v) is 12.7. The lowest BCUT2D eigenvalue weighted by Crippen LogP contribution is -2.05. The Kier molecular flexibility index (Phi) is 4.74. The van der Waals surface area contributed by atoms with Crippen molar-refractivity contribution >= 4 is 5.70 Å². The summed E-state index contributed by atoms with van der Waals surface area (Å²) >= 11 is 0. The molecule has 0 N–H and O–H groups in total. The molecule has 0 bridgehead atoms. The molecule has 0 saturated heterocycles. The van der Waals surface area contributed by atoms with E-state index in [1.165, 1.54) is 11.3 Å². The van der Waals surface area contributed by atoms with Crippen molar-refractivity contribution in [3.05, 3.63) is 58.9 Å². The molecule has 0 amide bonds. The molecule has 2 rings (SSSR count). The summed E-state index contributed by atoms with van der Waals surface area (Å²) < 4.78 is 7.48. The van der Waals surface area contributed by atoms with E-state index in [0.29, 0.717) is 13.2 Å². The van der Waals surface area contributed by atoms with Crippen molar-refractivity contribution in [2.75, 3.05) is 13.2 Å². The van der Waals surface area contributed by atoms with Gasteiger partial charge in [-0.25, -0.2) is 4.68 Å². The standard InChI is InChI=1S/C17H22N2O/c1-5-20-12-11-17(16-9-7-6-8-10-16)19-15(4)13(2)14(3)18-19/h6-11H,5,12H2,1-4H3/b17-11+. The molecule has 1 aromatic carbocycles. The van der Waals surface area contributed by atoms with E-state index >= 15 is 0 Å². The molecule has 1 heterocycles. The molecule has 0 fully saturated rings. The Labute approximate surface area is 120 Å². The fraction of sp³-hybridized carbons (Fsp3) is 0.353. The Bertz CT molecular complexity index is 597. The van der Waals surface area contributed by atoms with Crippen molar-refractivity contribution in [2.24, 2.45) is 0 Å². The van der Waals surface area contributed by atoms with Crippen LogP contribution in [-0.4, -0.2) is 23.0 Å². The molecule has 0 spiro atoms. The number of aryl methyl sites for hydroxylation is 1. The lowest BCUT2D eigenvalue weighted by atomic mass is 10.1. The highest BCUT2D eigenvalue weighted by Crippen LogP contribution is 2.21. The minimum Gasteiger partial charge on any atom is -0.378 e. The van der Waals surface area contributed by atoms with E-state index in [1.807, 2.05) is 36.7 Å². The number of hydrogen-bond donors (Lipinski definition) is 0. The van der Waals surface area contributed by atoms with E-state index < -0.39 is 0 Å². The van der Waals surface area contributed by atoms with Gasteiger partial charge < -0.3 is 4.74 Å². The van der Waals surface area contributed by atoms with Crippen LogP contribution in [0.25, 0.3) is 5.70 Å². The molecule has 1 aromatic heterocycles. The molecule has 0 aliphatic heterocycles. The second-order valence-corrected chi connectivity index (χ2v) is 4.82. The summed E-state index contributed by atoms with van der Waals surface area (Å²) in [5.74, 6) is 0. The van der Waals surface area contributed by atoms with Crippen LogP contribution >= 0.6 is 0 Å². The Morgan fingerprint density at radius 3 is 2.45 bits per heavy atom. The third-order valence-electron chi connectivity index (χ3n) is 3.55. The van der Waals surface area contributed by atoms with Crippen LogP contribution in [0.2, 0.25) is 0 Å². The van der Waals surface area contributed by atoms with Crippen LogP contribution in [0.15, 0.2) is 36.4 Å². The maximum atomic E-state index is 5.47. The monoisotopic (exact) mass is 270 g/mol. The first kappa shape index (κ1) is 14.5. The highest BCUT2D eigenvalue weighted by molar-refractivity contribution is 5.66. The van der Waals surface area contributed by atoms with E-state index in [1.54, 1.807) is 0 Å². The molecule has 106 valence electrons. The van der Waals surface area contributed by atoms with Gasteiger partial charge in [-0.05, 0) is 44.9 Å². The van der Waals surface area contributed by atoms with Gasteiger partial charge in [-0.1, -0.05) is 30.3 Å². The van der Waals surface area contributed by atoms with E-state index in [2.05, 4.69) is 37.2 Å². The molecule has 0 radical (unpaired) electrons. The molecule has 0 aliphatic carbocycles. The lowest BCUT2D eigenvalue weighted by molar-refractivity contribution is 0.177. The van der Waals surface area contributed by atoms with Crippen LogP contribution in [0.3, 0.4) is 0 Å². The van der Waals surface area contributed by atoms with Crippen LogP contribution in [0.1, 0.15) is 29.4 Å². The van der Waals surface area contributed by atoms with Crippen molar-refractivity contribution < 1.29 is 4.74 Å². The Balaban J connectivity index is 2.46. The van der Waals surface area contributed by atoms with E-state index in [4.69, 9.17) is 4.74 Å². The summed E-state index contributed by atoms with van der Waals surface area (Å²) in [5, 5.41) is 4.66. The number of ether oxygens (including phenoxy) is 1. The van der Waals surface area contributed by atoms with Crippen molar-refractivity contribution in [3.63, 3.8) is 0 Å². The fourth-order valence-electron chi connectivity index (χ4n) is 2.15. The van der Waals surface area contributed by atoms with Gasteiger partial charge in [0.15, 0.2) is 0 Å². The summed E-state index contributed by atoms with van der Waals surface area (Å²) in [4.78, 5) is 0. The van der Waals surface area contributed by atoms with Crippen molar-refractivity contribution in [3.8, 4) is 0 Å². The summed E-state index contributed by atoms with van der Waals surface area (Å²) in [5.41, 5.74) is 5.71. The largest absolute Gasteiger partial charge is 0.378 e. The number of rotatable bonds is 5. The molecule has 3 nitrogen and oxygen atoms in total. The zero-order chi connectivity index (χ0) is 14.5. The molecular formula is C17H22N2O. The number of nitrogens with zero attached hydrogens (tertiary/aromatic N) is 2. The Morgan fingerprint density at radius 2 is 1.90 bits per heavy atom. The van der Waals surface area contributed by atoms with Gasteiger partial charge >= 0.3 is 0 Å². The van der Waals surface area contributed by atoms with Crippen LogP contribution < -0.4 is 0 Å². The smallest absolute Gasteiger partial charge is 0.0704 e. The van der Waals surface area contributed by atoms with Gasteiger partial charge in [0.2, 0.25) is 0 Å². The van der Waals surface area contributed by atoms with Gasteiger partial charge in [-0.2, -0.15) is 5.10 Å². The number of benzene rings is 1. The average Bonchev–Trinajstić information content (AvgIpc) is 2.72. The third kappa shape index (κ3) is 2.99. The third-order valence-corrected chi connectivity index (χ3v) is 3.55. The van der Waals surface area contributed by atoms with Crippen LogP contribution in [0.4, 0.5) is 0 Å². The molecule has 2 aromatic rings. The van der Waals surface area contributed by atoms with E-state index in [9.17, 15) is 0 Å². The Hall–Kier alpha value is -1.87. The average molecular weight is 270 g/mol. The maximum absolute atomic E-state index is 5.47. The van der Waals surface area contributed by atoms with Crippen molar-refractivity contribution in [1.29, 1.82) is 0 Å². The molecule has 0 aliphatic rings. The molecule has 3 heteroatoms. The maximum Gasteiger partial charge on any atom is 0.0704 e. The molecule has 20 heavy (non-hydrogen) atoms. The molecular weight excluding hydrogens is 248 g/mol. The van der Waals surface area contributed by atoms with Gasteiger partial charge in [-0.15, -0.1) is 0 Å². The first-order chi connectivity index (χ1) is 9.65. The highest BCUT2D eigenvalue weighted by Gasteiger charge is 2.12. The summed E-state index contributed by atoms with van der Waals surface area (Å²) in [6.07, 6.45) is 2.09. The van der Waals surface area contributed by atoms with Gasteiger partial charge in [0.25, 0.3) is 0 Å². The first-order valence-electron chi connectivity index (χ1n) is 7.01. The normalized spacial score (nSPS) is 11.9. The van der Waals surface area contributed by atoms with Crippen molar-refractivity contribution in [1.82, 2.24) is 9.78 Å². The van der Waals surface area contributed by atoms with Gasteiger partial charge in [0.05, 0.1) is 18.0 Å². The quantitative estimate of drug-likeness (QED) is 0.774. The lowest BCUT2D eigenvalue weighted by Gasteiger charge is -2.11. The predicted molar refractivity (Wildman–Crippen MR) is 82.7 cm³/mol. The number of aromatic nitrogens is 2. The van der Waals surface area contributed by atoms with Crippen LogP contribution in [-0.2, 0) is 4.74 Å². The molecule has 0 unspecified atom stereocenters. The summed E-state index contributed by atoms with van der Waals surface area (Å²) in [6.45, 7) is 9.58. The van der Waals surface area contributed by atoms with Crippen LogP contribution in [0.5, 0.6) is 0 Å². The van der Waals surface area contributed by atoms with E-state index in [-0.39, 0.29) is 0 Å². The highest BCUT2D eigenvalue weighted by atomic mass is 16.5. The van der Waals surface area contributed by atoms with Crippen molar-refractivity contribution in [2.45, 2.75) is 27.7 Å². The minimum absolute atomic E-state index is 0.595. The summed E-state index contributed by atoms with van der Waals surface area (Å²) in [7, 11) is 0. The Morgan fingerprint density at radius 1 is 1.20 bits per heavy atom. The van der Waals surface area contributed by atoms with Crippen LogP contribution in [0, 0.1) is 20.8 Å². The van der Waals surface area contributed by atoms with E-state index in [0.717, 1.165) is 17.0 Å². The first-order valence-corrected chi connectivity index (χ1v) is 7.01. The van der Waals surface area contributed by atoms with Gasteiger partial charge in [0, 0.05) is 12.3 Å². The molecule has 0 saturated carbocycles. The fourth-order valence-corrected chi connectivity index (χ4v) is 2.15.